The van der Waals surface area contributed by atoms with Crippen molar-refractivity contribution in [3.05, 3.63) is 195 Å². The number of nitrogens with zero attached hydrogens (tertiary/aromatic N) is 1. The maximum absolute atomic E-state index is 3.72. The molecule has 0 spiro atoms. The zero-order valence-electron chi connectivity index (χ0n) is 24.8. The van der Waals surface area contributed by atoms with E-state index in [0.29, 0.717) is 0 Å². The zero-order chi connectivity index (χ0) is 30.8. The Morgan fingerprint density at radius 1 is 0.435 bits per heavy atom. The summed E-state index contributed by atoms with van der Waals surface area (Å²) in [6.45, 7) is 0. The summed E-state index contributed by atoms with van der Waals surface area (Å²) >= 11 is 7.44. The SMILES string of the molecule is Brc1cc(Br)cc(-c2cccc3c2c2ccccc2n3-c2ccc3c(c2)C(c2ccccc2)(c2ccccc2)c2ccccc2-3)c1. The highest BCUT2D eigenvalue weighted by Gasteiger charge is 2.46. The van der Waals surface area contributed by atoms with E-state index in [9.17, 15) is 0 Å². The third-order valence-corrected chi connectivity index (χ3v) is 10.5. The third-order valence-electron chi connectivity index (χ3n) is 9.57. The second-order valence-electron chi connectivity index (χ2n) is 12.0. The molecule has 46 heavy (non-hydrogen) atoms. The molecule has 0 fully saturated rings. The molecule has 1 heterocycles. The Hall–Kier alpha value is -4.70. The predicted molar refractivity (Wildman–Crippen MR) is 199 cm³/mol. The van der Waals surface area contributed by atoms with Gasteiger partial charge in [-0.2, -0.15) is 0 Å². The van der Waals surface area contributed by atoms with E-state index in [1.165, 1.54) is 66.3 Å². The highest BCUT2D eigenvalue weighted by molar-refractivity contribution is 9.11. The van der Waals surface area contributed by atoms with Crippen LogP contribution >= 0.6 is 31.9 Å². The first kappa shape index (κ1) is 27.6. The lowest BCUT2D eigenvalue weighted by molar-refractivity contribution is 0.767. The van der Waals surface area contributed by atoms with Crippen LogP contribution in [0, 0.1) is 0 Å². The van der Waals surface area contributed by atoms with Gasteiger partial charge in [0, 0.05) is 25.4 Å². The Bertz CT molecular complexity index is 2380. The molecule has 0 N–H and O–H groups in total. The molecule has 1 nitrogen and oxygen atoms in total. The van der Waals surface area contributed by atoms with Crippen molar-refractivity contribution < 1.29 is 0 Å². The molecule has 1 aliphatic carbocycles. The van der Waals surface area contributed by atoms with Gasteiger partial charge in [0.2, 0.25) is 0 Å². The van der Waals surface area contributed by atoms with Gasteiger partial charge in [-0.15, -0.1) is 0 Å². The number of hydrogen-bond donors (Lipinski definition) is 0. The molecule has 8 aromatic rings. The molecule has 0 bridgehead atoms. The number of rotatable bonds is 4. The third kappa shape index (κ3) is 3.98. The van der Waals surface area contributed by atoms with Gasteiger partial charge in [0.25, 0.3) is 0 Å². The Morgan fingerprint density at radius 2 is 1.02 bits per heavy atom. The summed E-state index contributed by atoms with van der Waals surface area (Å²) in [6.07, 6.45) is 0. The van der Waals surface area contributed by atoms with E-state index < -0.39 is 5.41 Å². The lowest BCUT2D eigenvalue weighted by Gasteiger charge is -2.34. The summed E-state index contributed by atoms with van der Waals surface area (Å²) in [7, 11) is 0. The molecule has 7 aromatic carbocycles. The van der Waals surface area contributed by atoms with E-state index >= 15 is 0 Å². The summed E-state index contributed by atoms with van der Waals surface area (Å²) in [5, 5.41) is 2.50. The van der Waals surface area contributed by atoms with Crippen LogP contribution in [0.2, 0.25) is 0 Å². The second kappa shape index (κ2) is 10.7. The molecule has 0 amide bonds. The quantitative estimate of drug-likeness (QED) is 0.171. The van der Waals surface area contributed by atoms with Gasteiger partial charge in [-0.25, -0.2) is 0 Å². The molecule has 0 unspecified atom stereocenters. The summed E-state index contributed by atoms with van der Waals surface area (Å²) < 4.78 is 4.55. The molecule has 0 radical (unpaired) electrons. The number of para-hydroxylation sites is 1. The van der Waals surface area contributed by atoms with Gasteiger partial charge in [0.15, 0.2) is 0 Å². The normalized spacial score (nSPS) is 13.2. The average Bonchev–Trinajstić information content (AvgIpc) is 3.59. The van der Waals surface area contributed by atoms with Crippen LogP contribution in [0.25, 0.3) is 49.7 Å². The van der Waals surface area contributed by atoms with Crippen LogP contribution < -0.4 is 0 Å². The zero-order valence-corrected chi connectivity index (χ0v) is 28.0. The first-order valence-electron chi connectivity index (χ1n) is 15.5. The van der Waals surface area contributed by atoms with Gasteiger partial charge >= 0.3 is 0 Å². The first-order valence-corrected chi connectivity index (χ1v) is 17.1. The molecular formula is C43H27Br2N. The van der Waals surface area contributed by atoms with Gasteiger partial charge in [0.05, 0.1) is 16.4 Å². The number of fused-ring (bicyclic) bond motifs is 6. The van der Waals surface area contributed by atoms with Crippen molar-refractivity contribution in [1.29, 1.82) is 0 Å². The summed E-state index contributed by atoms with van der Waals surface area (Å²) in [5.74, 6) is 0. The fourth-order valence-electron chi connectivity index (χ4n) is 7.82. The van der Waals surface area contributed by atoms with E-state index in [1.54, 1.807) is 0 Å². The molecule has 0 saturated heterocycles. The largest absolute Gasteiger partial charge is 0.309 e. The molecule has 3 heteroatoms. The number of hydrogen-bond acceptors (Lipinski definition) is 0. The summed E-state index contributed by atoms with van der Waals surface area (Å²) in [5.41, 5.74) is 13.2. The highest BCUT2D eigenvalue weighted by Crippen LogP contribution is 2.56. The summed E-state index contributed by atoms with van der Waals surface area (Å²) in [4.78, 5) is 0. The Labute approximate surface area is 285 Å². The van der Waals surface area contributed by atoms with E-state index in [0.717, 1.165) is 14.6 Å². The number of aromatic nitrogens is 1. The van der Waals surface area contributed by atoms with E-state index in [-0.39, 0.29) is 0 Å². The van der Waals surface area contributed by atoms with Crippen molar-refractivity contribution in [2.75, 3.05) is 0 Å². The van der Waals surface area contributed by atoms with Crippen LogP contribution in [-0.2, 0) is 5.41 Å². The van der Waals surface area contributed by atoms with Crippen LogP contribution in [0.1, 0.15) is 22.3 Å². The van der Waals surface area contributed by atoms with Crippen LogP contribution in [0.4, 0.5) is 0 Å². The van der Waals surface area contributed by atoms with Gasteiger partial charge in [-0.3, -0.25) is 0 Å². The van der Waals surface area contributed by atoms with Crippen molar-refractivity contribution in [3.63, 3.8) is 0 Å². The lowest BCUT2D eigenvalue weighted by Crippen LogP contribution is -2.28. The maximum Gasteiger partial charge on any atom is 0.0714 e. The summed E-state index contributed by atoms with van der Waals surface area (Å²) in [6, 6.07) is 60.0. The number of benzene rings is 7. The van der Waals surface area contributed by atoms with Crippen molar-refractivity contribution in [3.8, 4) is 27.9 Å². The molecule has 0 aliphatic heterocycles. The van der Waals surface area contributed by atoms with Crippen LogP contribution in [-0.4, -0.2) is 4.57 Å². The van der Waals surface area contributed by atoms with Crippen molar-refractivity contribution >= 4 is 53.7 Å². The van der Waals surface area contributed by atoms with E-state index in [4.69, 9.17) is 0 Å². The maximum atomic E-state index is 3.72. The molecule has 1 aliphatic rings. The van der Waals surface area contributed by atoms with Gasteiger partial charge < -0.3 is 4.57 Å². The molecule has 0 atom stereocenters. The van der Waals surface area contributed by atoms with Gasteiger partial charge in [0.1, 0.15) is 0 Å². The minimum Gasteiger partial charge on any atom is -0.309 e. The smallest absolute Gasteiger partial charge is 0.0714 e. The minimum atomic E-state index is -0.447. The van der Waals surface area contributed by atoms with E-state index in [2.05, 4.69) is 200 Å². The molecular weight excluding hydrogens is 690 g/mol. The fraction of sp³-hybridized carbons (Fsp3) is 0.0233. The van der Waals surface area contributed by atoms with Crippen molar-refractivity contribution in [1.82, 2.24) is 4.57 Å². The van der Waals surface area contributed by atoms with Gasteiger partial charge in [-0.05, 0) is 87.0 Å². The predicted octanol–water partition coefficient (Wildman–Crippen LogP) is 12.3. The van der Waals surface area contributed by atoms with Gasteiger partial charge in [-0.1, -0.05) is 153 Å². The molecule has 1 aromatic heterocycles. The van der Waals surface area contributed by atoms with Crippen molar-refractivity contribution in [2.24, 2.45) is 0 Å². The van der Waals surface area contributed by atoms with Crippen LogP contribution in [0.15, 0.2) is 173 Å². The number of halogens is 2. The molecule has 9 rings (SSSR count). The first-order chi connectivity index (χ1) is 22.6. The highest BCUT2D eigenvalue weighted by atomic mass is 79.9. The van der Waals surface area contributed by atoms with Crippen molar-refractivity contribution in [2.45, 2.75) is 5.41 Å². The second-order valence-corrected chi connectivity index (χ2v) is 13.8. The topological polar surface area (TPSA) is 4.93 Å². The van der Waals surface area contributed by atoms with E-state index in [1.807, 2.05) is 0 Å². The lowest BCUT2D eigenvalue weighted by atomic mass is 9.67. The van der Waals surface area contributed by atoms with Crippen LogP contribution in [0.5, 0.6) is 0 Å². The Balaban J connectivity index is 1.37. The Kier molecular flexibility index (Phi) is 6.41. The Morgan fingerprint density at radius 3 is 1.76 bits per heavy atom. The fourth-order valence-corrected chi connectivity index (χ4v) is 9.11. The molecule has 218 valence electrons. The van der Waals surface area contributed by atoms with Crippen LogP contribution in [0.3, 0.4) is 0 Å². The standard InChI is InChI=1S/C43H27Br2N/c44-31-24-28(25-32(45)26-31)34-18-11-21-41-42(34)37-17-8-10-20-40(37)46(41)33-22-23-36-35-16-7-9-19-38(35)43(39(36)27-33,29-12-3-1-4-13-29)30-14-5-2-6-15-30/h1-27H. The monoisotopic (exact) mass is 715 g/mol. The minimum absolute atomic E-state index is 0.447. The average molecular weight is 718 g/mol. The molecule has 0 saturated carbocycles.